The Bertz CT molecular complexity index is 1410. The summed E-state index contributed by atoms with van der Waals surface area (Å²) in [7, 11) is 1.60. The van der Waals surface area contributed by atoms with Crippen LogP contribution in [0.3, 0.4) is 0 Å². The number of pyridine rings is 1. The fourth-order valence-electron chi connectivity index (χ4n) is 3.42. The average Bonchev–Trinajstić information content (AvgIpc) is 3.56. The van der Waals surface area contributed by atoms with E-state index in [-0.39, 0.29) is 5.89 Å². The number of ether oxygens (including phenoxy) is 2. The van der Waals surface area contributed by atoms with Crippen molar-refractivity contribution in [1.29, 1.82) is 0 Å². The van der Waals surface area contributed by atoms with Gasteiger partial charge in [0.15, 0.2) is 6.10 Å². The lowest BCUT2D eigenvalue weighted by atomic mass is 10.1. The van der Waals surface area contributed by atoms with Crippen LogP contribution in [0.1, 0.15) is 29.3 Å². The number of methoxy groups -OCH3 is 1. The van der Waals surface area contributed by atoms with Gasteiger partial charge in [-0.05, 0) is 54.8 Å². The number of thiophene rings is 1. The lowest BCUT2D eigenvalue weighted by molar-refractivity contribution is 0.0282. The maximum atomic E-state index is 13.2. The quantitative estimate of drug-likeness (QED) is 0.292. The van der Waals surface area contributed by atoms with Crippen LogP contribution in [0.2, 0.25) is 0 Å². The third kappa shape index (κ3) is 4.20. The van der Waals surface area contributed by atoms with Crippen LogP contribution in [0, 0.1) is 0 Å². The van der Waals surface area contributed by atoms with Gasteiger partial charge in [0.2, 0.25) is 5.89 Å². The average molecular weight is 458 g/mol. The van der Waals surface area contributed by atoms with E-state index in [9.17, 15) is 4.79 Å². The van der Waals surface area contributed by atoms with Gasteiger partial charge in [-0.1, -0.05) is 24.3 Å². The van der Waals surface area contributed by atoms with E-state index >= 15 is 0 Å². The van der Waals surface area contributed by atoms with Crippen LogP contribution in [0.5, 0.6) is 5.75 Å². The summed E-state index contributed by atoms with van der Waals surface area (Å²) in [5.41, 5.74) is 2.63. The van der Waals surface area contributed by atoms with Gasteiger partial charge in [0, 0.05) is 10.9 Å². The molecule has 0 aliphatic carbocycles. The summed E-state index contributed by atoms with van der Waals surface area (Å²) in [4.78, 5) is 18.8. The monoisotopic (exact) mass is 457 g/mol. The zero-order valence-corrected chi connectivity index (χ0v) is 18.7. The third-order valence-corrected chi connectivity index (χ3v) is 6.01. The first-order valence-electron chi connectivity index (χ1n) is 10.2. The van der Waals surface area contributed by atoms with Crippen LogP contribution in [-0.2, 0) is 4.74 Å². The Hall–Kier alpha value is -4.04. The van der Waals surface area contributed by atoms with Crippen molar-refractivity contribution in [2.45, 2.75) is 13.0 Å². The largest absolute Gasteiger partial charge is 0.497 e. The Kier molecular flexibility index (Phi) is 5.58. The molecule has 0 N–H and O–H groups in total. The smallest absolute Gasteiger partial charge is 0.339 e. The summed E-state index contributed by atoms with van der Waals surface area (Å²) >= 11 is 1.56. The van der Waals surface area contributed by atoms with Crippen molar-refractivity contribution >= 4 is 28.2 Å². The molecule has 164 valence electrons. The number of hydrogen-bond acceptors (Lipinski definition) is 8. The fourth-order valence-corrected chi connectivity index (χ4v) is 4.10. The molecule has 0 aliphatic rings. The molecule has 8 heteroatoms. The first-order valence-corrected chi connectivity index (χ1v) is 11.1. The highest BCUT2D eigenvalue weighted by Gasteiger charge is 2.22. The standard InChI is InChI=1S/C25H19N3O4S/c1-15(23-27-28-24(32-23)16-9-11-17(30-2)12-10-16)31-25(29)19-14-21(22-8-5-13-33-22)26-20-7-4-3-6-18(19)20/h3-15H,1-2H3/t15-/m0/s1. The lowest BCUT2D eigenvalue weighted by Gasteiger charge is -2.12. The van der Waals surface area contributed by atoms with Gasteiger partial charge in [-0.15, -0.1) is 21.5 Å². The first-order chi connectivity index (χ1) is 16.1. The normalized spacial score (nSPS) is 11.9. The molecule has 5 rings (SSSR count). The van der Waals surface area contributed by atoms with Crippen molar-refractivity contribution in [1.82, 2.24) is 15.2 Å². The van der Waals surface area contributed by atoms with Gasteiger partial charge in [-0.3, -0.25) is 0 Å². The van der Waals surface area contributed by atoms with E-state index in [2.05, 4.69) is 10.2 Å². The van der Waals surface area contributed by atoms with Crippen LogP contribution in [-0.4, -0.2) is 28.3 Å². The second-order valence-corrected chi connectivity index (χ2v) is 8.22. The Morgan fingerprint density at radius 1 is 1.03 bits per heavy atom. The molecule has 0 spiro atoms. The van der Waals surface area contributed by atoms with Gasteiger partial charge in [0.1, 0.15) is 5.75 Å². The van der Waals surface area contributed by atoms with Crippen LogP contribution >= 0.6 is 11.3 Å². The highest BCUT2D eigenvalue weighted by Crippen LogP contribution is 2.30. The number of esters is 1. The molecule has 3 aromatic heterocycles. The Morgan fingerprint density at radius 2 is 1.85 bits per heavy atom. The molecule has 0 radical (unpaired) electrons. The molecule has 33 heavy (non-hydrogen) atoms. The molecule has 7 nitrogen and oxygen atoms in total. The summed E-state index contributed by atoms with van der Waals surface area (Å²) in [6, 6.07) is 20.4. The number of hydrogen-bond donors (Lipinski definition) is 0. The van der Waals surface area contributed by atoms with Crippen molar-refractivity contribution < 1.29 is 18.7 Å². The zero-order valence-electron chi connectivity index (χ0n) is 17.9. The molecule has 0 bridgehead atoms. The van der Waals surface area contributed by atoms with Crippen LogP contribution in [0.25, 0.3) is 32.9 Å². The summed E-state index contributed by atoms with van der Waals surface area (Å²) in [5, 5.41) is 10.8. The molecule has 0 aliphatic heterocycles. The number of carbonyl (C=O) groups excluding carboxylic acids is 1. The third-order valence-electron chi connectivity index (χ3n) is 5.12. The number of para-hydroxylation sites is 1. The van der Waals surface area contributed by atoms with Crippen LogP contribution in [0.4, 0.5) is 0 Å². The number of carbonyl (C=O) groups is 1. The van der Waals surface area contributed by atoms with Crippen LogP contribution < -0.4 is 4.74 Å². The maximum absolute atomic E-state index is 13.2. The highest BCUT2D eigenvalue weighted by atomic mass is 32.1. The van der Waals surface area contributed by atoms with Gasteiger partial charge < -0.3 is 13.9 Å². The number of aromatic nitrogens is 3. The molecule has 5 aromatic rings. The number of rotatable bonds is 6. The second kappa shape index (κ2) is 8.84. The highest BCUT2D eigenvalue weighted by molar-refractivity contribution is 7.13. The van der Waals surface area contributed by atoms with Gasteiger partial charge in [-0.2, -0.15) is 0 Å². The summed E-state index contributed by atoms with van der Waals surface area (Å²) < 4.78 is 16.6. The molecule has 0 saturated heterocycles. The fraction of sp³-hybridized carbons (Fsp3) is 0.120. The first kappa shape index (κ1) is 20.8. The molecule has 0 amide bonds. The van der Waals surface area contributed by atoms with E-state index in [0.29, 0.717) is 11.5 Å². The van der Waals surface area contributed by atoms with Gasteiger partial charge in [0.25, 0.3) is 5.89 Å². The molecule has 1 atom stereocenters. The SMILES string of the molecule is COc1ccc(-c2nnc([C@H](C)OC(=O)c3cc(-c4cccs4)nc4ccccc34)o2)cc1. The Morgan fingerprint density at radius 3 is 2.61 bits per heavy atom. The minimum Gasteiger partial charge on any atom is -0.497 e. The van der Waals surface area contributed by atoms with Crippen LogP contribution in [0.15, 0.2) is 76.5 Å². The predicted octanol–water partition coefficient (Wildman–Crippen LogP) is 5.94. The molecule has 3 heterocycles. The molecular weight excluding hydrogens is 438 g/mol. The van der Waals surface area contributed by atoms with Crippen molar-refractivity contribution in [3.8, 4) is 27.8 Å². The molecule has 0 fully saturated rings. The molecule has 2 aromatic carbocycles. The molecule has 0 saturated carbocycles. The summed E-state index contributed by atoms with van der Waals surface area (Å²) in [5.74, 6) is 0.797. The molecular formula is C25H19N3O4S. The van der Waals surface area contributed by atoms with E-state index in [1.54, 1.807) is 31.4 Å². The van der Waals surface area contributed by atoms with Crippen molar-refractivity contribution in [3.05, 3.63) is 83.6 Å². The minimum atomic E-state index is -0.728. The van der Waals surface area contributed by atoms with E-state index < -0.39 is 12.1 Å². The number of nitrogens with zero attached hydrogens (tertiary/aromatic N) is 3. The Balaban J connectivity index is 1.41. The number of fused-ring (bicyclic) bond motifs is 1. The minimum absolute atomic E-state index is 0.214. The van der Waals surface area contributed by atoms with E-state index in [0.717, 1.165) is 32.8 Å². The van der Waals surface area contributed by atoms with Crippen molar-refractivity contribution in [2.75, 3.05) is 7.11 Å². The molecule has 0 unspecified atom stereocenters. The Labute approximate surface area is 193 Å². The summed E-state index contributed by atoms with van der Waals surface area (Å²) in [6.45, 7) is 1.70. The van der Waals surface area contributed by atoms with Crippen molar-refractivity contribution in [3.63, 3.8) is 0 Å². The second-order valence-electron chi connectivity index (χ2n) is 7.27. The van der Waals surface area contributed by atoms with E-state index in [1.165, 1.54) is 0 Å². The lowest BCUT2D eigenvalue weighted by Crippen LogP contribution is -2.10. The van der Waals surface area contributed by atoms with Gasteiger partial charge in [0.05, 0.1) is 28.8 Å². The van der Waals surface area contributed by atoms with E-state index in [1.807, 2.05) is 66.0 Å². The van der Waals surface area contributed by atoms with Crippen molar-refractivity contribution in [2.24, 2.45) is 0 Å². The maximum Gasteiger partial charge on any atom is 0.339 e. The van der Waals surface area contributed by atoms with Gasteiger partial charge in [-0.25, -0.2) is 9.78 Å². The number of benzene rings is 2. The van der Waals surface area contributed by atoms with E-state index in [4.69, 9.17) is 18.9 Å². The topological polar surface area (TPSA) is 87.3 Å². The van der Waals surface area contributed by atoms with Gasteiger partial charge >= 0.3 is 5.97 Å². The zero-order chi connectivity index (χ0) is 22.8. The summed E-state index contributed by atoms with van der Waals surface area (Å²) in [6.07, 6.45) is -0.728. The predicted molar refractivity (Wildman–Crippen MR) is 125 cm³/mol.